The lowest BCUT2D eigenvalue weighted by atomic mass is 10.2. The zero-order valence-electron chi connectivity index (χ0n) is 12.4. The highest BCUT2D eigenvalue weighted by Gasteiger charge is 2.14. The maximum atomic E-state index is 6.07. The maximum absolute atomic E-state index is 6.07. The van der Waals surface area contributed by atoms with Crippen molar-refractivity contribution in [2.24, 2.45) is 0 Å². The fourth-order valence-electron chi connectivity index (χ4n) is 2.48. The number of nitrogens with two attached hydrogens (primary N) is 2. The van der Waals surface area contributed by atoms with Crippen molar-refractivity contribution in [3.05, 3.63) is 54.1 Å². The first-order valence-electron chi connectivity index (χ1n) is 7.10. The van der Waals surface area contributed by atoms with Crippen LogP contribution in [0, 0.1) is 0 Å². The standard InChI is InChI=1S/C16H12ClN7/c17-15-11(18)6-10(8-21-15)12-3-4-13-22-16(19)14(24(13)23-12)9-2-1-5-20-7-9/h1-8H,18-19H2. The van der Waals surface area contributed by atoms with Gasteiger partial charge in [0, 0.05) is 29.7 Å². The molecule has 4 N–H and O–H groups in total. The average Bonchev–Trinajstić information content (AvgIpc) is 2.93. The molecule has 0 atom stereocenters. The quantitative estimate of drug-likeness (QED) is 0.544. The molecule has 8 heteroatoms. The number of pyridine rings is 2. The van der Waals surface area contributed by atoms with Gasteiger partial charge in [-0.25, -0.2) is 14.5 Å². The van der Waals surface area contributed by atoms with E-state index in [-0.39, 0.29) is 5.15 Å². The third-order valence-corrected chi connectivity index (χ3v) is 3.92. The van der Waals surface area contributed by atoms with Gasteiger partial charge in [0.2, 0.25) is 0 Å². The van der Waals surface area contributed by atoms with Crippen LogP contribution >= 0.6 is 11.6 Å². The van der Waals surface area contributed by atoms with Gasteiger partial charge in [-0.2, -0.15) is 5.10 Å². The van der Waals surface area contributed by atoms with Crippen molar-refractivity contribution in [1.29, 1.82) is 0 Å². The molecule has 0 radical (unpaired) electrons. The Morgan fingerprint density at radius 1 is 1.04 bits per heavy atom. The molecule has 4 rings (SSSR count). The minimum absolute atomic E-state index is 0.266. The minimum atomic E-state index is 0.266. The number of rotatable bonds is 2. The fraction of sp³-hybridized carbons (Fsp3) is 0. The number of fused-ring (bicyclic) bond motifs is 1. The van der Waals surface area contributed by atoms with E-state index in [1.807, 2.05) is 24.3 Å². The van der Waals surface area contributed by atoms with Gasteiger partial charge < -0.3 is 11.5 Å². The Balaban J connectivity index is 1.93. The summed E-state index contributed by atoms with van der Waals surface area (Å²) < 4.78 is 1.69. The molecule has 0 aliphatic heterocycles. The first-order chi connectivity index (χ1) is 11.6. The van der Waals surface area contributed by atoms with Gasteiger partial charge in [0.25, 0.3) is 0 Å². The third kappa shape index (κ3) is 2.31. The van der Waals surface area contributed by atoms with Crippen molar-refractivity contribution >= 4 is 28.8 Å². The van der Waals surface area contributed by atoms with E-state index < -0.39 is 0 Å². The van der Waals surface area contributed by atoms with Gasteiger partial charge in [-0.3, -0.25) is 4.98 Å². The summed E-state index contributed by atoms with van der Waals surface area (Å²) in [6, 6.07) is 9.14. The Bertz CT molecular complexity index is 1040. The van der Waals surface area contributed by atoms with Crippen LogP contribution in [0.15, 0.2) is 48.9 Å². The fourth-order valence-corrected chi connectivity index (χ4v) is 2.59. The summed E-state index contributed by atoms with van der Waals surface area (Å²) in [5.74, 6) is 0.390. The van der Waals surface area contributed by atoms with Crippen molar-refractivity contribution < 1.29 is 0 Å². The molecule has 0 unspecified atom stereocenters. The van der Waals surface area contributed by atoms with Crippen LogP contribution in [-0.2, 0) is 0 Å². The molecular formula is C16H12ClN7. The number of nitrogen functional groups attached to an aromatic ring is 2. The molecule has 118 valence electrons. The van der Waals surface area contributed by atoms with Crippen LogP contribution in [0.2, 0.25) is 5.15 Å². The number of hydrogen-bond acceptors (Lipinski definition) is 6. The average molecular weight is 338 g/mol. The Hall–Kier alpha value is -3.19. The van der Waals surface area contributed by atoms with Crippen LogP contribution in [-0.4, -0.2) is 24.6 Å². The van der Waals surface area contributed by atoms with Gasteiger partial charge in [0.1, 0.15) is 5.69 Å². The van der Waals surface area contributed by atoms with E-state index in [2.05, 4.69) is 20.1 Å². The van der Waals surface area contributed by atoms with Crippen LogP contribution in [0.5, 0.6) is 0 Å². The van der Waals surface area contributed by atoms with Crippen LogP contribution in [0.4, 0.5) is 11.5 Å². The zero-order valence-corrected chi connectivity index (χ0v) is 13.1. The van der Waals surface area contributed by atoms with E-state index >= 15 is 0 Å². The van der Waals surface area contributed by atoms with Crippen molar-refractivity contribution in [2.75, 3.05) is 11.5 Å². The molecular weight excluding hydrogens is 326 g/mol. The second kappa shape index (κ2) is 5.47. The minimum Gasteiger partial charge on any atom is -0.396 e. The summed E-state index contributed by atoms with van der Waals surface area (Å²) >= 11 is 5.88. The molecule has 0 spiro atoms. The molecule has 0 aliphatic carbocycles. The molecule has 0 bridgehead atoms. The van der Waals surface area contributed by atoms with E-state index in [0.717, 1.165) is 11.1 Å². The number of nitrogens with zero attached hydrogens (tertiary/aromatic N) is 5. The highest BCUT2D eigenvalue weighted by molar-refractivity contribution is 6.31. The molecule has 4 aromatic heterocycles. The largest absolute Gasteiger partial charge is 0.396 e. The van der Waals surface area contributed by atoms with E-state index in [9.17, 15) is 0 Å². The second-order valence-electron chi connectivity index (χ2n) is 5.18. The monoisotopic (exact) mass is 337 g/mol. The van der Waals surface area contributed by atoms with Crippen LogP contribution < -0.4 is 11.5 Å². The van der Waals surface area contributed by atoms with Gasteiger partial charge in [0.05, 0.1) is 11.4 Å². The van der Waals surface area contributed by atoms with Crippen LogP contribution in [0.25, 0.3) is 28.2 Å². The van der Waals surface area contributed by atoms with Crippen molar-refractivity contribution in [1.82, 2.24) is 24.6 Å². The van der Waals surface area contributed by atoms with E-state index in [1.165, 1.54) is 0 Å². The van der Waals surface area contributed by atoms with Gasteiger partial charge in [0.15, 0.2) is 16.6 Å². The number of anilines is 2. The Morgan fingerprint density at radius 2 is 1.92 bits per heavy atom. The van der Waals surface area contributed by atoms with E-state index in [4.69, 9.17) is 23.1 Å². The smallest absolute Gasteiger partial charge is 0.156 e. The summed E-state index contributed by atoms with van der Waals surface area (Å²) in [4.78, 5) is 12.5. The van der Waals surface area contributed by atoms with Crippen LogP contribution in [0.3, 0.4) is 0 Å². The topological polar surface area (TPSA) is 108 Å². The lowest BCUT2D eigenvalue weighted by Crippen LogP contribution is -1.99. The van der Waals surface area contributed by atoms with E-state index in [0.29, 0.717) is 28.5 Å². The zero-order chi connectivity index (χ0) is 16.7. The van der Waals surface area contributed by atoms with Gasteiger partial charge in [-0.1, -0.05) is 11.6 Å². The summed E-state index contributed by atoms with van der Waals surface area (Å²) in [6.45, 7) is 0. The van der Waals surface area contributed by atoms with Crippen molar-refractivity contribution in [3.63, 3.8) is 0 Å². The Labute approximate surface area is 141 Å². The van der Waals surface area contributed by atoms with Gasteiger partial charge in [-0.05, 0) is 30.3 Å². The lowest BCUT2D eigenvalue weighted by molar-refractivity contribution is 0.947. The molecule has 4 heterocycles. The number of hydrogen-bond donors (Lipinski definition) is 2. The molecule has 7 nitrogen and oxygen atoms in total. The molecule has 0 fully saturated rings. The number of aromatic nitrogens is 5. The predicted molar refractivity (Wildman–Crippen MR) is 93.3 cm³/mol. The summed E-state index contributed by atoms with van der Waals surface area (Å²) in [6.07, 6.45) is 5.04. The summed E-state index contributed by atoms with van der Waals surface area (Å²) in [5.41, 5.74) is 15.9. The maximum Gasteiger partial charge on any atom is 0.156 e. The number of imidazole rings is 1. The second-order valence-corrected chi connectivity index (χ2v) is 5.54. The molecule has 0 aromatic carbocycles. The van der Waals surface area contributed by atoms with Gasteiger partial charge >= 0.3 is 0 Å². The van der Waals surface area contributed by atoms with Crippen LogP contribution in [0.1, 0.15) is 0 Å². The third-order valence-electron chi connectivity index (χ3n) is 3.60. The Kier molecular flexibility index (Phi) is 3.28. The molecule has 0 saturated carbocycles. The molecule has 0 saturated heterocycles. The molecule has 0 aliphatic rings. The van der Waals surface area contributed by atoms with Gasteiger partial charge in [-0.15, -0.1) is 0 Å². The van der Waals surface area contributed by atoms with Crippen molar-refractivity contribution in [3.8, 4) is 22.5 Å². The highest BCUT2D eigenvalue weighted by Crippen LogP contribution is 2.28. The SMILES string of the molecule is Nc1cc(-c2ccc3nc(N)c(-c4cccnc4)n3n2)cnc1Cl. The Morgan fingerprint density at radius 3 is 2.67 bits per heavy atom. The van der Waals surface area contributed by atoms with Crippen molar-refractivity contribution in [2.45, 2.75) is 0 Å². The molecule has 24 heavy (non-hydrogen) atoms. The molecule has 0 amide bonds. The normalized spacial score (nSPS) is 11.0. The number of halogens is 1. The molecule has 4 aromatic rings. The van der Waals surface area contributed by atoms with E-state index in [1.54, 1.807) is 29.2 Å². The summed E-state index contributed by atoms with van der Waals surface area (Å²) in [7, 11) is 0. The highest BCUT2D eigenvalue weighted by atomic mass is 35.5. The first kappa shape index (κ1) is 14.4. The summed E-state index contributed by atoms with van der Waals surface area (Å²) in [5, 5.41) is 4.89. The lowest BCUT2D eigenvalue weighted by Gasteiger charge is -2.06. The predicted octanol–water partition coefficient (Wildman–Crippen LogP) is 2.67. The first-order valence-corrected chi connectivity index (χ1v) is 7.48.